The third kappa shape index (κ3) is 7.94. The van der Waals surface area contributed by atoms with Crippen LogP contribution in [0.3, 0.4) is 0 Å². The molecule has 0 aliphatic heterocycles. The molecule has 0 aromatic heterocycles. The Labute approximate surface area is 236 Å². The third-order valence-corrected chi connectivity index (χ3v) is 8.62. The Hall–Kier alpha value is -3.13. The second-order valence-corrected chi connectivity index (χ2v) is 11.5. The van der Waals surface area contributed by atoms with Crippen molar-refractivity contribution in [3.63, 3.8) is 0 Å². The highest BCUT2D eigenvalue weighted by molar-refractivity contribution is 5.92. The van der Waals surface area contributed by atoms with Crippen molar-refractivity contribution in [3.8, 4) is 22.3 Å². The van der Waals surface area contributed by atoms with Gasteiger partial charge in [-0.3, -0.25) is 4.79 Å². The number of benzene rings is 3. The lowest BCUT2D eigenvalue weighted by atomic mass is 9.77. The molecular weight excluding hydrogens is 474 g/mol. The minimum Gasteiger partial charge on any atom is -0.352 e. The molecule has 39 heavy (non-hydrogen) atoms. The van der Waals surface area contributed by atoms with Gasteiger partial charge in [-0.25, -0.2) is 0 Å². The summed E-state index contributed by atoms with van der Waals surface area (Å²) in [6, 6.07) is 25.1. The Bertz CT molecular complexity index is 1210. The van der Waals surface area contributed by atoms with E-state index in [1.165, 1.54) is 90.3 Å². The molecule has 206 valence electrons. The van der Waals surface area contributed by atoms with Gasteiger partial charge in [-0.05, 0) is 96.2 Å². The van der Waals surface area contributed by atoms with Crippen LogP contribution >= 0.6 is 0 Å². The molecular formula is C37H47NO. The molecule has 1 saturated carbocycles. The highest BCUT2D eigenvalue weighted by Gasteiger charge is 2.22. The quantitative estimate of drug-likeness (QED) is 0.186. The van der Waals surface area contributed by atoms with Crippen LogP contribution in [0.15, 0.2) is 78.9 Å². The highest BCUT2D eigenvalue weighted by Crippen LogP contribution is 2.38. The summed E-state index contributed by atoms with van der Waals surface area (Å²) >= 11 is 0. The van der Waals surface area contributed by atoms with Crippen molar-refractivity contribution in [2.24, 2.45) is 5.92 Å². The molecule has 4 rings (SSSR count). The highest BCUT2D eigenvalue weighted by atomic mass is 16.1. The van der Waals surface area contributed by atoms with Gasteiger partial charge in [0.1, 0.15) is 0 Å². The fourth-order valence-electron chi connectivity index (χ4n) is 6.08. The molecule has 1 aliphatic rings. The van der Waals surface area contributed by atoms with Gasteiger partial charge in [0, 0.05) is 12.1 Å². The van der Waals surface area contributed by atoms with E-state index >= 15 is 0 Å². The molecule has 1 amide bonds. The summed E-state index contributed by atoms with van der Waals surface area (Å²) in [4.78, 5) is 11.7. The molecule has 0 spiro atoms. The summed E-state index contributed by atoms with van der Waals surface area (Å²) in [7, 11) is 0. The van der Waals surface area contributed by atoms with Crippen molar-refractivity contribution in [2.45, 2.75) is 90.9 Å². The van der Waals surface area contributed by atoms with Gasteiger partial charge in [0.25, 0.3) is 0 Å². The number of rotatable bonds is 12. The van der Waals surface area contributed by atoms with Crippen molar-refractivity contribution in [3.05, 3.63) is 95.6 Å². The lowest BCUT2D eigenvalue weighted by Crippen LogP contribution is -2.25. The minimum atomic E-state index is -0.0752. The van der Waals surface area contributed by atoms with Gasteiger partial charge >= 0.3 is 0 Å². The van der Waals surface area contributed by atoms with Crippen LogP contribution in [0.4, 0.5) is 0 Å². The maximum absolute atomic E-state index is 11.7. The molecule has 0 radical (unpaired) electrons. The standard InChI is InChI=1S/C37H47NO/c1-5-7-8-9-28-10-14-31(15-11-28)32-18-20-34(21-19-32)36-23-22-35(26-30(36)6-2)33-16-12-29(13-17-33)24-25-38-37(39)27(3)4/h12-13,16-23,26,28,31H,3,5-11,14-15,24-25H2,1-2,4H3,(H,38,39). The SMILES string of the molecule is C=C(C)C(=O)NCCc1ccc(-c2ccc(-c3ccc(C4CCC(CCCCC)CC4)cc3)c(CC)c2)cc1. The number of hydrogen-bond donors (Lipinski definition) is 1. The number of hydrogen-bond acceptors (Lipinski definition) is 1. The van der Waals surface area contributed by atoms with Crippen molar-refractivity contribution in [2.75, 3.05) is 6.54 Å². The average molecular weight is 522 g/mol. The second-order valence-electron chi connectivity index (χ2n) is 11.5. The molecule has 1 fully saturated rings. The zero-order chi connectivity index (χ0) is 27.6. The summed E-state index contributed by atoms with van der Waals surface area (Å²) < 4.78 is 0. The molecule has 1 aliphatic carbocycles. The van der Waals surface area contributed by atoms with Crippen LogP contribution in [-0.4, -0.2) is 12.5 Å². The number of aryl methyl sites for hydroxylation is 1. The Kier molecular flexibility index (Phi) is 10.6. The monoisotopic (exact) mass is 521 g/mol. The molecule has 0 saturated heterocycles. The molecule has 3 aromatic carbocycles. The summed E-state index contributed by atoms with van der Waals surface area (Å²) in [5, 5.41) is 2.91. The van der Waals surface area contributed by atoms with E-state index in [0.29, 0.717) is 12.1 Å². The normalized spacial score (nSPS) is 17.1. The minimum absolute atomic E-state index is 0.0752. The third-order valence-electron chi connectivity index (χ3n) is 8.62. The first-order valence-corrected chi connectivity index (χ1v) is 15.2. The maximum atomic E-state index is 11.7. The Balaban J connectivity index is 1.37. The van der Waals surface area contributed by atoms with Crippen LogP contribution < -0.4 is 5.32 Å². The van der Waals surface area contributed by atoms with E-state index in [1.54, 1.807) is 6.92 Å². The molecule has 0 heterocycles. The average Bonchev–Trinajstić information content (AvgIpc) is 2.97. The first-order chi connectivity index (χ1) is 19.0. The Morgan fingerprint density at radius 2 is 1.51 bits per heavy atom. The van der Waals surface area contributed by atoms with E-state index in [9.17, 15) is 4.79 Å². The van der Waals surface area contributed by atoms with Gasteiger partial charge in [0.15, 0.2) is 0 Å². The van der Waals surface area contributed by atoms with Gasteiger partial charge in [0.2, 0.25) is 5.91 Å². The van der Waals surface area contributed by atoms with Gasteiger partial charge in [-0.2, -0.15) is 0 Å². The Morgan fingerprint density at radius 3 is 2.15 bits per heavy atom. The van der Waals surface area contributed by atoms with Gasteiger partial charge in [-0.1, -0.05) is 113 Å². The summed E-state index contributed by atoms with van der Waals surface area (Å²) in [6.07, 6.45) is 12.9. The number of carbonyl (C=O) groups excluding carboxylic acids is 1. The zero-order valence-corrected chi connectivity index (χ0v) is 24.4. The van der Waals surface area contributed by atoms with Crippen molar-refractivity contribution in [1.82, 2.24) is 5.32 Å². The summed E-state index contributed by atoms with van der Waals surface area (Å²) in [5.74, 6) is 1.62. The van der Waals surface area contributed by atoms with Gasteiger partial charge in [0.05, 0.1) is 0 Å². The number of unbranched alkanes of at least 4 members (excludes halogenated alkanes) is 2. The van der Waals surface area contributed by atoms with Gasteiger partial charge < -0.3 is 5.32 Å². The van der Waals surface area contributed by atoms with E-state index in [-0.39, 0.29) is 5.91 Å². The van der Waals surface area contributed by atoms with E-state index in [1.807, 2.05) is 0 Å². The van der Waals surface area contributed by atoms with E-state index in [4.69, 9.17) is 0 Å². The predicted molar refractivity (Wildman–Crippen MR) is 167 cm³/mol. The van der Waals surface area contributed by atoms with Crippen LogP contribution in [0.5, 0.6) is 0 Å². The first kappa shape index (κ1) is 28.9. The number of nitrogens with one attached hydrogen (secondary N) is 1. The van der Waals surface area contributed by atoms with Crippen LogP contribution in [0.1, 0.15) is 94.7 Å². The molecule has 3 aromatic rings. The summed E-state index contributed by atoms with van der Waals surface area (Å²) in [5.41, 5.74) is 9.83. The van der Waals surface area contributed by atoms with Crippen molar-refractivity contribution in [1.29, 1.82) is 0 Å². The van der Waals surface area contributed by atoms with Crippen LogP contribution in [0.25, 0.3) is 22.3 Å². The van der Waals surface area contributed by atoms with Crippen LogP contribution in [-0.2, 0) is 17.6 Å². The topological polar surface area (TPSA) is 29.1 Å². The van der Waals surface area contributed by atoms with E-state index in [2.05, 4.69) is 92.5 Å². The van der Waals surface area contributed by atoms with Crippen molar-refractivity contribution >= 4 is 5.91 Å². The zero-order valence-electron chi connectivity index (χ0n) is 24.4. The fourth-order valence-corrected chi connectivity index (χ4v) is 6.08. The molecule has 2 heteroatoms. The molecule has 2 nitrogen and oxygen atoms in total. The van der Waals surface area contributed by atoms with Crippen molar-refractivity contribution < 1.29 is 4.79 Å². The smallest absolute Gasteiger partial charge is 0.246 e. The Morgan fingerprint density at radius 1 is 0.846 bits per heavy atom. The number of carbonyl (C=O) groups is 1. The molecule has 0 atom stereocenters. The maximum Gasteiger partial charge on any atom is 0.246 e. The van der Waals surface area contributed by atoms with E-state index in [0.717, 1.165) is 24.7 Å². The van der Waals surface area contributed by atoms with Crippen LogP contribution in [0, 0.1) is 5.92 Å². The summed E-state index contributed by atoms with van der Waals surface area (Å²) in [6.45, 7) is 10.6. The molecule has 0 bridgehead atoms. The van der Waals surface area contributed by atoms with Crippen LogP contribution in [0.2, 0.25) is 0 Å². The molecule has 0 unspecified atom stereocenters. The first-order valence-electron chi connectivity index (χ1n) is 15.2. The number of amides is 1. The molecule has 1 N–H and O–H groups in total. The largest absolute Gasteiger partial charge is 0.352 e. The van der Waals surface area contributed by atoms with Gasteiger partial charge in [-0.15, -0.1) is 0 Å². The fraction of sp³-hybridized carbons (Fsp3) is 0.432. The second kappa shape index (κ2) is 14.3. The predicted octanol–water partition coefficient (Wildman–Crippen LogP) is 9.67. The lowest BCUT2D eigenvalue weighted by Gasteiger charge is -2.29. The lowest BCUT2D eigenvalue weighted by molar-refractivity contribution is -0.117. The van der Waals surface area contributed by atoms with E-state index < -0.39 is 0 Å².